The lowest BCUT2D eigenvalue weighted by atomic mass is 9.81. The molecule has 1 heterocycles. The smallest absolute Gasteiger partial charge is 0.407 e. The van der Waals surface area contributed by atoms with E-state index in [0.29, 0.717) is 36.5 Å². The van der Waals surface area contributed by atoms with Crippen LogP contribution in [0.15, 0.2) is 57.8 Å². The normalized spacial score (nSPS) is 17.7. The van der Waals surface area contributed by atoms with Crippen molar-refractivity contribution in [3.63, 3.8) is 0 Å². The Morgan fingerprint density at radius 3 is 2.38 bits per heavy atom. The first-order valence-electron chi connectivity index (χ1n) is 14.0. The van der Waals surface area contributed by atoms with Crippen molar-refractivity contribution in [3.8, 4) is 11.4 Å². The Bertz CT molecular complexity index is 1450. The molecular formula is C30H37BrN6O5. The summed E-state index contributed by atoms with van der Waals surface area (Å²) in [4.78, 5) is 54.8. The number of primary amides is 1. The zero-order valence-corrected chi connectivity index (χ0v) is 25.6. The van der Waals surface area contributed by atoms with E-state index in [1.807, 2.05) is 45.0 Å². The number of nitrogens with two attached hydrogens (primary N) is 1. The lowest BCUT2D eigenvalue weighted by molar-refractivity contribution is -0.127. The summed E-state index contributed by atoms with van der Waals surface area (Å²) in [6.07, 6.45) is 2.52. The molecule has 0 aliphatic heterocycles. The number of hydrogen-bond acceptors (Lipinski definition) is 6. The van der Waals surface area contributed by atoms with E-state index in [9.17, 15) is 19.2 Å². The highest BCUT2D eigenvalue weighted by Crippen LogP contribution is 2.33. The molecule has 11 nitrogen and oxygen atoms in total. The van der Waals surface area contributed by atoms with Gasteiger partial charge in [-0.3, -0.25) is 19.5 Å². The standard InChI is InChI=1S/C30H37BrN6O5/c1-30(2,3)42-29(41)33-17-18-7-9-21(10-8-18)27(39)37(24(25(32)38)16-19-5-4-6-22(31)15-19)23-13-11-20(12-14-23)26-34-28(40)36-35-26/h4-6,11-15,18,21,24H,7-10,16-17H2,1-3H3,(H2,32,38)(H,33,41)(H2,34,35,36,40)/t18?,21?,24-/m0/s1. The van der Waals surface area contributed by atoms with Crippen LogP contribution < -0.4 is 21.6 Å². The van der Waals surface area contributed by atoms with Crippen LogP contribution in [-0.2, 0) is 20.7 Å². The lowest BCUT2D eigenvalue weighted by Gasteiger charge is -2.36. The number of benzene rings is 2. The summed E-state index contributed by atoms with van der Waals surface area (Å²) in [5, 5.41) is 9.13. The molecule has 3 amide bonds. The number of aromatic amines is 2. The molecule has 12 heteroatoms. The van der Waals surface area contributed by atoms with Gasteiger partial charge in [0.15, 0.2) is 5.82 Å². The average molecular weight is 642 g/mol. The molecule has 1 saturated carbocycles. The number of halogens is 1. The minimum absolute atomic E-state index is 0.173. The van der Waals surface area contributed by atoms with Gasteiger partial charge in [0, 0.05) is 34.6 Å². The lowest BCUT2D eigenvalue weighted by Crippen LogP contribution is -2.52. The monoisotopic (exact) mass is 640 g/mol. The maximum atomic E-state index is 14.1. The predicted molar refractivity (Wildman–Crippen MR) is 163 cm³/mol. The highest BCUT2D eigenvalue weighted by molar-refractivity contribution is 9.10. The van der Waals surface area contributed by atoms with Crippen molar-refractivity contribution in [2.24, 2.45) is 17.6 Å². The number of anilines is 1. The second kappa shape index (κ2) is 13.4. The van der Waals surface area contributed by atoms with Gasteiger partial charge in [0.2, 0.25) is 11.8 Å². The Morgan fingerprint density at radius 1 is 1.12 bits per heavy atom. The van der Waals surface area contributed by atoms with Crippen molar-refractivity contribution in [1.82, 2.24) is 20.5 Å². The molecule has 224 valence electrons. The number of carbonyl (C=O) groups is 3. The highest BCUT2D eigenvalue weighted by atomic mass is 79.9. The van der Waals surface area contributed by atoms with Crippen LogP contribution in [0.3, 0.4) is 0 Å². The fraction of sp³-hybridized carbons (Fsp3) is 0.433. The number of aromatic nitrogens is 3. The quantitative estimate of drug-likeness (QED) is 0.273. The van der Waals surface area contributed by atoms with E-state index in [0.717, 1.165) is 22.9 Å². The number of H-pyrrole nitrogens is 2. The third-order valence-electron chi connectivity index (χ3n) is 7.25. The second-order valence-electron chi connectivity index (χ2n) is 11.6. The van der Waals surface area contributed by atoms with Gasteiger partial charge in [-0.15, -0.1) is 0 Å². The largest absolute Gasteiger partial charge is 0.444 e. The Hall–Kier alpha value is -3.93. The first-order valence-corrected chi connectivity index (χ1v) is 14.8. The maximum absolute atomic E-state index is 14.1. The summed E-state index contributed by atoms with van der Waals surface area (Å²) in [7, 11) is 0. The summed E-state index contributed by atoms with van der Waals surface area (Å²) in [6.45, 7) is 5.92. The van der Waals surface area contributed by atoms with Crippen LogP contribution in [-0.4, -0.2) is 51.3 Å². The van der Waals surface area contributed by atoms with Crippen LogP contribution >= 0.6 is 15.9 Å². The number of alkyl carbamates (subject to hydrolysis) is 1. The molecule has 0 bridgehead atoms. The Morgan fingerprint density at radius 2 is 1.81 bits per heavy atom. The summed E-state index contributed by atoms with van der Waals surface area (Å²) in [6, 6.07) is 13.6. The first-order chi connectivity index (χ1) is 19.9. The van der Waals surface area contributed by atoms with Crippen LogP contribution in [0, 0.1) is 11.8 Å². The zero-order valence-electron chi connectivity index (χ0n) is 24.0. The van der Waals surface area contributed by atoms with Gasteiger partial charge in [0.05, 0.1) is 0 Å². The van der Waals surface area contributed by atoms with Gasteiger partial charge >= 0.3 is 11.8 Å². The van der Waals surface area contributed by atoms with E-state index in [1.54, 1.807) is 24.3 Å². The fourth-order valence-electron chi connectivity index (χ4n) is 5.21. The summed E-state index contributed by atoms with van der Waals surface area (Å²) >= 11 is 3.47. The van der Waals surface area contributed by atoms with E-state index < -0.39 is 29.3 Å². The van der Waals surface area contributed by atoms with Gasteiger partial charge in [0.1, 0.15) is 11.6 Å². The van der Waals surface area contributed by atoms with E-state index in [4.69, 9.17) is 10.5 Å². The third kappa shape index (κ3) is 8.31. The summed E-state index contributed by atoms with van der Waals surface area (Å²) in [5.74, 6) is -0.510. The second-order valence-corrected chi connectivity index (χ2v) is 12.5. The molecule has 3 aromatic rings. The Balaban J connectivity index is 1.53. The van der Waals surface area contributed by atoms with Gasteiger partial charge in [-0.2, -0.15) is 5.10 Å². The van der Waals surface area contributed by atoms with Crippen LogP contribution in [0.25, 0.3) is 11.4 Å². The molecule has 4 rings (SSSR count). The molecule has 1 aliphatic rings. The highest BCUT2D eigenvalue weighted by Gasteiger charge is 2.36. The molecule has 0 radical (unpaired) electrons. The Kier molecular flexibility index (Phi) is 9.87. The fourth-order valence-corrected chi connectivity index (χ4v) is 5.65. The first kappa shape index (κ1) is 31.0. The van der Waals surface area contributed by atoms with Gasteiger partial charge < -0.3 is 15.8 Å². The number of rotatable bonds is 9. The molecule has 0 spiro atoms. The van der Waals surface area contributed by atoms with Crippen molar-refractivity contribution in [1.29, 1.82) is 0 Å². The van der Waals surface area contributed by atoms with Gasteiger partial charge in [-0.05, 0) is 94.3 Å². The van der Waals surface area contributed by atoms with Crippen LogP contribution in [0.1, 0.15) is 52.0 Å². The molecule has 5 N–H and O–H groups in total. The third-order valence-corrected chi connectivity index (χ3v) is 7.74. The SMILES string of the molecule is CC(C)(C)OC(=O)NCC1CCC(C(=O)N(c2ccc(-c3n[nH]c(=O)[nH]3)cc2)[C@@H](Cc2cccc(Br)c2)C(N)=O)CC1. The minimum Gasteiger partial charge on any atom is -0.444 e. The van der Waals surface area contributed by atoms with Crippen molar-refractivity contribution in [3.05, 3.63) is 69.1 Å². The molecule has 1 atom stereocenters. The van der Waals surface area contributed by atoms with Crippen LogP contribution in [0.4, 0.5) is 10.5 Å². The number of amides is 3. The number of carbonyl (C=O) groups excluding carboxylic acids is 3. The number of ether oxygens (including phenoxy) is 1. The van der Waals surface area contributed by atoms with E-state index in [2.05, 4.69) is 36.4 Å². The van der Waals surface area contributed by atoms with E-state index in [1.165, 1.54) is 4.90 Å². The molecule has 42 heavy (non-hydrogen) atoms. The molecule has 1 aromatic heterocycles. The van der Waals surface area contributed by atoms with Gasteiger partial charge in [-0.1, -0.05) is 28.1 Å². The van der Waals surface area contributed by atoms with Gasteiger partial charge in [-0.25, -0.2) is 14.7 Å². The average Bonchev–Trinajstić information content (AvgIpc) is 3.37. The summed E-state index contributed by atoms with van der Waals surface area (Å²) in [5.41, 5.74) is 6.96. The summed E-state index contributed by atoms with van der Waals surface area (Å²) < 4.78 is 6.19. The number of nitrogens with one attached hydrogen (secondary N) is 3. The van der Waals surface area contributed by atoms with Crippen LogP contribution in [0.5, 0.6) is 0 Å². The topological polar surface area (TPSA) is 163 Å². The van der Waals surface area contributed by atoms with Crippen molar-refractivity contribution in [2.75, 3.05) is 11.4 Å². The minimum atomic E-state index is -0.922. The molecular weight excluding hydrogens is 604 g/mol. The van der Waals surface area contributed by atoms with Crippen molar-refractivity contribution in [2.45, 2.75) is 64.5 Å². The maximum Gasteiger partial charge on any atom is 0.407 e. The Labute approximate surface area is 252 Å². The number of hydrogen-bond donors (Lipinski definition) is 4. The number of nitrogens with zero attached hydrogens (tertiary/aromatic N) is 2. The predicted octanol–water partition coefficient (Wildman–Crippen LogP) is 4.29. The molecule has 0 saturated heterocycles. The molecule has 1 fully saturated rings. The van der Waals surface area contributed by atoms with Crippen molar-refractivity contribution >= 4 is 39.5 Å². The van der Waals surface area contributed by atoms with Gasteiger partial charge in [0.25, 0.3) is 0 Å². The van der Waals surface area contributed by atoms with Crippen LogP contribution in [0.2, 0.25) is 0 Å². The molecule has 0 unspecified atom stereocenters. The van der Waals surface area contributed by atoms with Crippen molar-refractivity contribution < 1.29 is 19.1 Å². The molecule has 2 aromatic carbocycles. The van der Waals surface area contributed by atoms with E-state index in [-0.39, 0.29) is 24.2 Å². The molecule has 1 aliphatic carbocycles. The van der Waals surface area contributed by atoms with E-state index >= 15 is 0 Å². The zero-order chi connectivity index (χ0) is 30.4.